The number of fused-ring (bicyclic) bond motifs is 3. The van der Waals surface area contributed by atoms with Crippen LogP contribution in [0.4, 0.5) is 0 Å². The number of carbonyl (C=O) groups excluding carboxylic acids is 1. The van der Waals surface area contributed by atoms with Crippen LogP contribution in [0.15, 0.2) is 70.4 Å². The Morgan fingerprint density at radius 3 is 2.40 bits per heavy atom. The van der Waals surface area contributed by atoms with Crippen LogP contribution in [0.2, 0.25) is 0 Å². The van der Waals surface area contributed by atoms with Crippen molar-refractivity contribution in [1.29, 1.82) is 0 Å². The quantitative estimate of drug-likeness (QED) is 0.351. The third-order valence-corrected chi connectivity index (χ3v) is 5.84. The molecule has 0 fully saturated rings. The van der Waals surface area contributed by atoms with Gasteiger partial charge in [0, 0.05) is 24.5 Å². The predicted octanol–water partition coefficient (Wildman–Crippen LogP) is 2.38. The summed E-state index contributed by atoms with van der Waals surface area (Å²) in [5.41, 5.74) is 1.66. The molecule has 0 bridgehead atoms. The highest BCUT2D eigenvalue weighted by Crippen LogP contribution is 2.29. The minimum atomic E-state index is -0.660. The number of ether oxygens (including phenoxy) is 2. The van der Waals surface area contributed by atoms with Crippen molar-refractivity contribution in [2.75, 3.05) is 13.7 Å². The normalized spacial score (nSPS) is 11.3. The van der Waals surface area contributed by atoms with Crippen LogP contribution in [-0.4, -0.2) is 42.8 Å². The van der Waals surface area contributed by atoms with Crippen molar-refractivity contribution in [2.24, 2.45) is 7.05 Å². The smallest absolute Gasteiger partial charge is 0.333 e. The summed E-state index contributed by atoms with van der Waals surface area (Å²) in [7, 11) is 3.12. The van der Waals surface area contributed by atoms with E-state index in [2.05, 4.69) is 4.98 Å². The van der Waals surface area contributed by atoms with E-state index in [1.165, 1.54) is 11.6 Å². The van der Waals surface area contributed by atoms with Crippen LogP contribution in [0.25, 0.3) is 33.9 Å². The molecule has 178 valence electrons. The van der Waals surface area contributed by atoms with Gasteiger partial charge in [-0.25, -0.2) is 9.36 Å². The van der Waals surface area contributed by atoms with E-state index >= 15 is 0 Å². The van der Waals surface area contributed by atoms with Crippen LogP contribution in [-0.2, 0) is 23.1 Å². The number of nitrogens with zero attached hydrogens (tertiary/aromatic N) is 5. The molecule has 0 aliphatic carbocycles. The standard InChI is InChI=1S/C25H23N5O5/c1-4-35-20(31)15-29-23(32)21-22(27(2)25(29)33)26-24-28(21)14-19(16-8-6-5-7-9-16)30(24)17-10-12-18(34-3)13-11-17/h5-14H,4,15H2,1-3H3. The fourth-order valence-corrected chi connectivity index (χ4v) is 4.17. The molecule has 2 aromatic carbocycles. The molecule has 0 saturated heterocycles. The van der Waals surface area contributed by atoms with E-state index in [-0.39, 0.29) is 17.8 Å². The molecule has 0 N–H and O–H groups in total. The van der Waals surface area contributed by atoms with Crippen LogP contribution in [0, 0.1) is 0 Å². The van der Waals surface area contributed by atoms with Crippen molar-refractivity contribution in [3.8, 4) is 22.7 Å². The van der Waals surface area contributed by atoms with Gasteiger partial charge in [-0.3, -0.25) is 23.1 Å². The summed E-state index contributed by atoms with van der Waals surface area (Å²) < 4.78 is 16.0. The van der Waals surface area contributed by atoms with Gasteiger partial charge >= 0.3 is 11.7 Å². The largest absolute Gasteiger partial charge is 0.497 e. The van der Waals surface area contributed by atoms with Crippen molar-refractivity contribution in [3.63, 3.8) is 0 Å². The highest BCUT2D eigenvalue weighted by molar-refractivity contribution is 5.80. The molecule has 0 aliphatic rings. The van der Waals surface area contributed by atoms with E-state index < -0.39 is 23.8 Å². The zero-order chi connectivity index (χ0) is 24.7. The molecule has 0 saturated carbocycles. The van der Waals surface area contributed by atoms with Gasteiger partial charge in [-0.15, -0.1) is 0 Å². The Morgan fingerprint density at radius 2 is 1.74 bits per heavy atom. The average molecular weight is 473 g/mol. The Kier molecular flexibility index (Phi) is 5.48. The van der Waals surface area contributed by atoms with Crippen molar-refractivity contribution in [2.45, 2.75) is 13.5 Å². The SMILES string of the molecule is CCOC(=O)Cn1c(=O)c2c(nc3n(-c4ccc(OC)cc4)c(-c4ccccc4)cn23)n(C)c1=O. The van der Waals surface area contributed by atoms with Gasteiger partial charge in [-0.05, 0) is 31.2 Å². The zero-order valence-electron chi connectivity index (χ0n) is 19.5. The highest BCUT2D eigenvalue weighted by Gasteiger charge is 2.23. The van der Waals surface area contributed by atoms with Crippen LogP contribution < -0.4 is 16.0 Å². The summed E-state index contributed by atoms with van der Waals surface area (Å²) in [6, 6.07) is 17.2. The molecule has 0 spiro atoms. The molecule has 0 amide bonds. The molecule has 0 unspecified atom stereocenters. The van der Waals surface area contributed by atoms with Gasteiger partial charge in [0.05, 0.1) is 19.4 Å². The number of hydrogen-bond donors (Lipinski definition) is 0. The first-order valence-electron chi connectivity index (χ1n) is 11.0. The van der Waals surface area contributed by atoms with Gasteiger partial charge in [0.2, 0.25) is 5.78 Å². The van der Waals surface area contributed by atoms with E-state index in [1.54, 1.807) is 18.4 Å². The molecule has 10 nitrogen and oxygen atoms in total. The van der Waals surface area contributed by atoms with Gasteiger partial charge in [-0.1, -0.05) is 30.3 Å². The first-order chi connectivity index (χ1) is 16.9. The number of rotatable bonds is 6. The second kappa shape index (κ2) is 8.64. The molecule has 0 aliphatic heterocycles. The fraction of sp³-hybridized carbons (Fsp3) is 0.200. The van der Waals surface area contributed by atoms with Crippen LogP contribution >= 0.6 is 0 Å². The Bertz CT molecular complexity index is 1670. The second-order valence-electron chi connectivity index (χ2n) is 7.91. The lowest BCUT2D eigenvalue weighted by atomic mass is 10.1. The van der Waals surface area contributed by atoms with Crippen LogP contribution in [0.5, 0.6) is 5.75 Å². The lowest BCUT2D eigenvalue weighted by molar-refractivity contribution is -0.143. The van der Waals surface area contributed by atoms with E-state index in [9.17, 15) is 14.4 Å². The molecule has 0 atom stereocenters. The van der Waals surface area contributed by atoms with E-state index in [0.29, 0.717) is 11.5 Å². The molecular weight excluding hydrogens is 450 g/mol. The minimum Gasteiger partial charge on any atom is -0.497 e. The summed E-state index contributed by atoms with van der Waals surface area (Å²) >= 11 is 0. The van der Waals surface area contributed by atoms with Gasteiger partial charge in [-0.2, -0.15) is 4.98 Å². The molecule has 3 aromatic heterocycles. The Labute approximate surface area is 199 Å². The summed E-state index contributed by atoms with van der Waals surface area (Å²) in [6.07, 6.45) is 1.81. The maximum atomic E-state index is 13.4. The molecule has 10 heteroatoms. The molecule has 5 rings (SSSR count). The van der Waals surface area contributed by atoms with Gasteiger partial charge in [0.1, 0.15) is 12.3 Å². The lowest BCUT2D eigenvalue weighted by Crippen LogP contribution is -2.41. The maximum Gasteiger partial charge on any atom is 0.333 e. The highest BCUT2D eigenvalue weighted by atomic mass is 16.5. The number of esters is 1. The summed E-state index contributed by atoms with van der Waals surface area (Å²) in [6.45, 7) is 1.33. The summed E-state index contributed by atoms with van der Waals surface area (Å²) in [5, 5.41) is 0. The number of imidazole rings is 2. The average Bonchev–Trinajstić information content (AvgIpc) is 3.43. The van der Waals surface area contributed by atoms with Crippen LogP contribution in [0.3, 0.4) is 0 Å². The van der Waals surface area contributed by atoms with Crippen molar-refractivity contribution < 1.29 is 14.3 Å². The minimum absolute atomic E-state index is 0.151. The van der Waals surface area contributed by atoms with Gasteiger partial charge in [0.25, 0.3) is 5.56 Å². The van der Waals surface area contributed by atoms with Crippen molar-refractivity contribution >= 4 is 22.9 Å². The number of carbonyl (C=O) groups is 1. The first-order valence-corrected chi connectivity index (χ1v) is 11.0. The molecular formula is C25H23N5O5. The predicted molar refractivity (Wildman–Crippen MR) is 130 cm³/mol. The Hall–Kier alpha value is -4.60. The van der Waals surface area contributed by atoms with Crippen molar-refractivity contribution in [3.05, 3.63) is 81.6 Å². The number of benzene rings is 2. The molecule has 35 heavy (non-hydrogen) atoms. The summed E-state index contributed by atoms with van der Waals surface area (Å²) in [4.78, 5) is 43.1. The third kappa shape index (κ3) is 3.59. The number of methoxy groups -OCH3 is 1. The first kappa shape index (κ1) is 22.2. The zero-order valence-corrected chi connectivity index (χ0v) is 19.5. The molecule has 3 heterocycles. The van der Waals surface area contributed by atoms with Gasteiger partial charge in [0.15, 0.2) is 11.2 Å². The summed E-state index contributed by atoms with van der Waals surface area (Å²) in [5.74, 6) is 0.494. The van der Waals surface area contributed by atoms with Crippen LogP contribution in [0.1, 0.15) is 6.92 Å². The molecule has 0 radical (unpaired) electrons. The number of hydrogen-bond acceptors (Lipinski definition) is 6. The van der Waals surface area contributed by atoms with Crippen molar-refractivity contribution in [1.82, 2.24) is 23.1 Å². The molecule has 5 aromatic rings. The van der Waals surface area contributed by atoms with Gasteiger partial charge < -0.3 is 9.47 Å². The van der Waals surface area contributed by atoms with E-state index in [1.807, 2.05) is 65.4 Å². The maximum absolute atomic E-state index is 13.4. The Balaban J connectivity index is 1.84. The second-order valence-corrected chi connectivity index (χ2v) is 7.91. The van der Waals surface area contributed by atoms with E-state index in [0.717, 1.165) is 21.5 Å². The topological polar surface area (TPSA) is 102 Å². The lowest BCUT2D eigenvalue weighted by Gasteiger charge is -2.10. The number of aryl methyl sites for hydroxylation is 1. The third-order valence-electron chi connectivity index (χ3n) is 5.84. The monoisotopic (exact) mass is 473 g/mol. The number of aromatic nitrogens is 5. The fourth-order valence-electron chi connectivity index (χ4n) is 4.17. The Morgan fingerprint density at radius 1 is 1.03 bits per heavy atom. The van der Waals surface area contributed by atoms with E-state index in [4.69, 9.17) is 9.47 Å².